The van der Waals surface area contributed by atoms with Crippen molar-refractivity contribution in [1.29, 1.82) is 0 Å². The molecule has 0 aliphatic rings. The average Bonchev–Trinajstić information content (AvgIpc) is 2.37. The zero-order chi connectivity index (χ0) is 13.7. The number of aromatic carboxylic acids is 1. The van der Waals surface area contributed by atoms with E-state index >= 15 is 0 Å². The van der Waals surface area contributed by atoms with Crippen molar-refractivity contribution < 1.29 is 24.7 Å². The van der Waals surface area contributed by atoms with E-state index in [0.29, 0.717) is 0 Å². The van der Waals surface area contributed by atoms with E-state index < -0.39 is 23.8 Å². The highest BCUT2D eigenvalue weighted by Crippen LogP contribution is 2.08. The van der Waals surface area contributed by atoms with Gasteiger partial charge in [-0.05, 0) is 19.1 Å². The fourth-order valence-corrected chi connectivity index (χ4v) is 1.30. The second-order valence-electron chi connectivity index (χ2n) is 3.52. The molecule has 0 radical (unpaired) electrons. The number of carbonyl (C=O) groups excluding carboxylic acids is 2. The van der Waals surface area contributed by atoms with Gasteiger partial charge in [-0.15, -0.1) is 0 Å². The number of rotatable bonds is 4. The van der Waals surface area contributed by atoms with Gasteiger partial charge in [0.05, 0.1) is 11.1 Å². The van der Waals surface area contributed by atoms with Crippen LogP contribution in [0.5, 0.6) is 0 Å². The van der Waals surface area contributed by atoms with Crippen molar-refractivity contribution >= 4 is 17.8 Å². The van der Waals surface area contributed by atoms with Crippen LogP contribution in [0.1, 0.15) is 27.6 Å². The second-order valence-corrected chi connectivity index (χ2v) is 3.52. The lowest BCUT2D eigenvalue weighted by Crippen LogP contribution is -2.44. The van der Waals surface area contributed by atoms with Crippen LogP contribution >= 0.6 is 0 Å². The molecule has 18 heavy (non-hydrogen) atoms. The predicted octanol–water partition coefficient (Wildman–Crippen LogP) is 0.00850. The molecule has 0 aromatic heterocycles. The van der Waals surface area contributed by atoms with E-state index in [-0.39, 0.29) is 11.1 Å². The molecule has 1 rings (SSSR count). The van der Waals surface area contributed by atoms with E-state index in [0.717, 1.165) is 0 Å². The number of hydrogen-bond donors (Lipinski definition) is 4. The fraction of sp³-hybridized carbons (Fsp3) is 0.182. The summed E-state index contributed by atoms with van der Waals surface area (Å²) in [6.45, 7) is 1.35. The first-order valence-electron chi connectivity index (χ1n) is 5.04. The van der Waals surface area contributed by atoms with Gasteiger partial charge in [-0.1, -0.05) is 12.1 Å². The predicted molar refractivity (Wildman–Crippen MR) is 60.3 cm³/mol. The van der Waals surface area contributed by atoms with Crippen LogP contribution in [0.4, 0.5) is 0 Å². The molecule has 0 aliphatic heterocycles. The second kappa shape index (κ2) is 5.78. The normalized spacial score (nSPS) is 11.4. The van der Waals surface area contributed by atoms with Crippen molar-refractivity contribution in [3.8, 4) is 0 Å². The van der Waals surface area contributed by atoms with E-state index in [2.05, 4.69) is 5.32 Å². The summed E-state index contributed by atoms with van der Waals surface area (Å²) in [5, 5.41) is 19.6. The molecule has 0 saturated heterocycles. The number of hydrogen-bond acceptors (Lipinski definition) is 4. The van der Waals surface area contributed by atoms with Gasteiger partial charge in [-0.25, -0.2) is 10.3 Å². The van der Waals surface area contributed by atoms with Crippen molar-refractivity contribution in [3.05, 3.63) is 35.4 Å². The molecular formula is C11H12N2O5. The Morgan fingerprint density at radius 3 is 2.22 bits per heavy atom. The molecular weight excluding hydrogens is 240 g/mol. The highest BCUT2D eigenvalue weighted by atomic mass is 16.5. The summed E-state index contributed by atoms with van der Waals surface area (Å²) in [5.41, 5.74) is 1.18. The number of amides is 2. The minimum atomic E-state index is -1.24. The smallest absolute Gasteiger partial charge is 0.336 e. The van der Waals surface area contributed by atoms with Crippen LogP contribution < -0.4 is 10.8 Å². The Hall–Kier alpha value is -2.41. The van der Waals surface area contributed by atoms with E-state index in [1.807, 2.05) is 0 Å². The molecule has 2 amide bonds. The molecule has 0 fully saturated rings. The van der Waals surface area contributed by atoms with E-state index in [1.165, 1.54) is 36.7 Å². The lowest BCUT2D eigenvalue weighted by atomic mass is 10.1. The van der Waals surface area contributed by atoms with E-state index in [9.17, 15) is 14.4 Å². The first kappa shape index (κ1) is 13.7. The maximum Gasteiger partial charge on any atom is 0.336 e. The molecule has 7 nitrogen and oxygen atoms in total. The molecule has 0 spiro atoms. The molecule has 0 aliphatic carbocycles. The Balaban J connectivity index is 2.91. The number of carbonyl (C=O) groups is 3. The molecule has 96 valence electrons. The molecule has 1 aromatic carbocycles. The summed E-state index contributed by atoms with van der Waals surface area (Å²) in [4.78, 5) is 33.7. The van der Waals surface area contributed by atoms with Gasteiger partial charge < -0.3 is 10.4 Å². The number of benzene rings is 1. The van der Waals surface area contributed by atoms with Gasteiger partial charge >= 0.3 is 5.97 Å². The number of hydroxylamine groups is 1. The molecule has 4 N–H and O–H groups in total. The molecule has 1 aromatic rings. The SMILES string of the molecule is C[C@@H](NC(=O)c1ccccc1C(=O)O)C(=O)NO. The van der Waals surface area contributed by atoms with Crippen LogP contribution in [0, 0.1) is 0 Å². The minimum Gasteiger partial charge on any atom is -0.478 e. The molecule has 0 heterocycles. The molecule has 1 atom stereocenters. The summed E-state index contributed by atoms with van der Waals surface area (Å²) < 4.78 is 0. The zero-order valence-electron chi connectivity index (χ0n) is 9.51. The zero-order valence-corrected chi connectivity index (χ0v) is 9.51. The average molecular weight is 252 g/mol. The Bertz CT molecular complexity index is 486. The quantitative estimate of drug-likeness (QED) is 0.445. The topological polar surface area (TPSA) is 116 Å². The van der Waals surface area contributed by atoms with Crippen LogP contribution in [0.3, 0.4) is 0 Å². The maximum atomic E-state index is 11.8. The Morgan fingerprint density at radius 1 is 1.17 bits per heavy atom. The molecule has 7 heteroatoms. The van der Waals surface area contributed by atoms with Crippen molar-refractivity contribution in [2.24, 2.45) is 0 Å². The third-order valence-electron chi connectivity index (χ3n) is 2.25. The first-order valence-corrected chi connectivity index (χ1v) is 5.04. The van der Waals surface area contributed by atoms with Gasteiger partial charge in [0.1, 0.15) is 6.04 Å². The Labute approximate surface area is 102 Å². The Morgan fingerprint density at radius 2 is 1.72 bits per heavy atom. The number of nitrogens with one attached hydrogen (secondary N) is 2. The highest BCUT2D eigenvalue weighted by molar-refractivity contribution is 6.05. The first-order chi connectivity index (χ1) is 8.47. The third-order valence-corrected chi connectivity index (χ3v) is 2.25. The van der Waals surface area contributed by atoms with Crippen molar-refractivity contribution in [3.63, 3.8) is 0 Å². The number of carboxylic acids is 1. The summed E-state index contributed by atoms with van der Waals surface area (Å²) >= 11 is 0. The van der Waals surface area contributed by atoms with Crippen molar-refractivity contribution in [2.45, 2.75) is 13.0 Å². The summed E-state index contributed by atoms with van der Waals surface area (Å²) in [5.74, 6) is -2.74. The fourth-order valence-electron chi connectivity index (χ4n) is 1.30. The largest absolute Gasteiger partial charge is 0.478 e. The van der Waals surface area contributed by atoms with Gasteiger partial charge in [-0.2, -0.15) is 0 Å². The van der Waals surface area contributed by atoms with Gasteiger partial charge in [0.25, 0.3) is 11.8 Å². The van der Waals surface area contributed by atoms with Gasteiger partial charge in [0.15, 0.2) is 0 Å². The van der Waals surface area contributed by atoms with Crippen LogP contribution in [0.15, 0.2) is 24.3 Å². The van der Waals surface area contributed by atoms with Crippen molar-refractivity contribution in [1.82, 2.24) is 10.8 Å². The van der Waals surface area contributed by atoms with Gasteiger partial charge in [-0.3, -0.25) is 14.8 Å². The highest BCUT2D eigenvalue weighted by Gasteiger charge is 2.20. The standard InChI is InChI=1S/C11H12N2O5/c1-6(9(14)13-18)12-10(15)7-4-2-3-5-8(7)11(16)17/h2-6,18H,1H3,(H,12,15)(H,13,14)(H,16,17)/t6-/m1/s1. The molecule has 0 unspecified atom stereocenters. The maximum absolute atomic E-state index is 11.8. The summed E-state index contributed by atoms with van der Waals surface area (Å²) in [6, 6.07) is 4.64. The number of carboxylic acid groups (broad SMARTS) is 1. The molecule has 0 saturated carbocycles. The lowest BCUT2D eigenvalue weighted by Gasteiger charge is -2.12. The monoisotopic (exact) mass is 252 g/mol. The van der Waals surface area contributed by atoms with Gasteiger partial charge in [0.2, 0.25) is 0 Å². The van der Waals surface area contributed by atoms with Crippen molar-refractivity contribution in [2.75, 3.05) is 0 Å². The molecule has 0 bridgehead atoms. The lowest BCUT2D eigenvalue weighted by molar-refractivity contribution is -0.130. The van der Waals surface area contributed by atoms with Crippen LogP contribution in [0.2, 0.25) is 0 Å². The minimum absolute atomic E-state index is 0.0532. The summed E-state index contributed by atoms with van der Waals surface area (Å²) in [6.07, 6.45) is 0. The van der Waals surface area contributed by atoms with E-state index in [1.54, 1.807) is 0 Å². The van der Waals surface area contributed by atoms with Crippen LogP contribution in [-0.2, 0) is 4.79 Å². The van der Waals surface area contributed by atoms with Crippen LogP contribution in [-0.4, -0.2) is 34.1 Å². The van der Waals surface area contributed by atoms with Crippen LogP contribution in [0.25, 0.3) is 0 Å². The summed E-state index contributed by atoms with van der Waals surface area (Å²) in [7, 11) is 0. The third kappa shape index (κ3) is 3.05. The Kier molecular flexibility index (Phi) is 4.39. The van der Waals surface area contributed by atoms with Gasteiger partial charge in [0, 0.05) is 0 Å². The van der Waals surface area contributed by atoms with E-state index in [4.69, 9.17) is 10.3 Å².